The highest BCUT2D eigenvalue weighted by Gasteiger charge is 2.25. The monoisotopic (exact) mass is 184 g/mol. The molecule has 0 fully saturated rings. The van der Waals surface area contributed by atoms with Gasteiger partial charge in [0.1, 0.15) is 0 Å². The van der Waals surface area contributed by atoms with Crippen LogP contribution in [0.4, 0.5) is 0 Å². The second-order valence-corrected chi connectivity index (χ2v) is 4.15. The lowest BCUT2D eigenvalue weighted by Crippen LogP contribution is -2.26. The van der Waals surface area contributed by atoms with E-state index in [1.165, 1.54) is 0 Å². The van der Waals surface area contributed by atoms with E-state index in [1.54, 1.807) is 0 Å². The summed E-state index contributed by atoms with van der Waals surface area (Å²) >= 11 is 4.63. The van der Waals surface area contributed by atoms with E-state index in [0.29, 0.717) is 5.92 Å². The van der Waals surface area contributed by atoms with Crippen molar-refractivity contribution in [3.63, 3.8) is 0 Å². The molecule has 1 heteroatoms. The smallest absolute Gasteiger partial charge is 0.0329 e. The molecule has 0 amide bonds. The standard InChI is InChI=1S/C11H20S/c1-5-8-9-10(4)11(12,6-2)7-3/h5-6,10,12H,1-2,7-9H2,3-4H3. The van der Waals surface area contributed by atoms with Gasteiger partial charge in [0, 0.05) is 4.75 Å². The molecule has 0 aliphatic heterocycles. The van der Waals surface area contributed by atoms with Gasteiger partial charge in [-0.2, -0.15) is 12.6 Å². The van der Waals surface area contributed by atoms with E-state index >= 15 is 0 Å². The third-order valence-electron chi connectivity index (χ3n) is 2.58. The Morgan fingerprint density at radius 2 is 2.08 bits per heavy atom. The second kappa shape index (κ2) is 5.47. The van der Waals surface area contributed by atoms with Gasteiger partial charge in [-0.15, -0.1) is 13.2 Å². The van der Waals surface area contributed by atoms with Crippen LogP contribution in [0, 0.1) is 5.92 Å². The van der Waals surface area contributed by atoms with Crippen LogP contribution in [0.3, 0.4) is 0 Å². The number of thiol groups is 1. The quantitative estimate of drug-likeness (QED) is 0.470. The Morgan fingerprint density at radius 3 is 2.42 bits per heavy atom. The summed E-state index contributed by atoms with van der Waals surface area (Å²) in [6.45, 7) is 11.9. The average molecular weight is 184 g/mol. The fourth-order valence-corrected chi connectivity index (χ4v) is 1.44. The van der Waals surface area contributed by atoms with Crippen molar-refractivity contribution in [3.8, 4) is 0 Å². The third kappa shape index (κ3) is 3.06. The van der Waals surface area contributed by atoms with E-state index < -0.39 is 0 Å². The van der Waals surface area contributed by atoms with Gasteiger partial charge in [-0.1, -0.05) is 26.0 Å². The zero-order valence-electron chi connectivity index (χ0n) is 8.21. The van der Waals surface area contributed by atoms with Crippen molar-refractivity contribution in [2.24, 2.45) is 5.92 Å². The zero-order valence-corrected chi connectivity index (χ0v) is 9.11. The van der Waals surface area contributed by atoms with E-state index in [1.807, 2.05) is 12.2 Å². The molecule has 0 heterocycles. The summed E-state index contributed by atoms with van der Waals surface area (Å²) < 4.78 is 0.00299. The summed E-state index contributed by atoms with van der Waals surface area (Å²) in [5.41, 5.74) is 0. The molecule has 0 aromatic rings. The minimum Gasteiger partial charge on any atom is -0.168 e. The Morgan fingerprint density at radius 1 is 1.50 bits per heavy atom. The lowest BCUT2D eigenvalue weighted by Gasteiger charge is -2.30. The normalized spacial score (nSPS) is 17.9. The van der Waals surface area contributed by atoms with Gasteiger partial charge in [0.2, 0.25) is 0 Å². The van der Waals surface area contributed by atoms with Crippen LogP contribution in [0.2, 0.25) is 0 Å². The van der Waals surface area contributed by atoms with E-state index in [4.69, 9.17) is 0 Å². The van der Waals surface area contributed by atoms with Crippen molar-refractivity contribution in [2.75, 3.05) is 0 Å². The van der Waals surface area contributed by atoms with Crippen molar-refractivity contribution in [2.45, 2.75) is 37.9 Å². The molecule has 0 spiro atoms. The zero-order chi connectivity index (χ0) is 9.61. The van der Waals surface area contributed by atoms with E-state index in [-0.39, 0.29) is 4.75 Å². The van der Waals surface area contributed by atoms with Crippen molar-refractivity contribution >= 4 is 12.6 Å². The maximum atomic E-state index is 4.63. The molecular formula is C11H20S. The average Bonchev–Trinajstić information content (AvgIpc) is 2.12. The van der Waals surface area contributed by atoms with Gasteiger partial charge < -0.3 is 0 Å². The van der Waals surface area contributed by atoms with Crippen molar-refractivity contribution in [1.82, 2.24) is 0 Å². The largest absolute Gasteiger partial charge is 0.168 e. The summed E-state index contributed by atoms with van der Waals surface area (Å²) in [5.74, 6) is 0.571. The highest BCUT2D eigenvalue weighted by atomic mass is 32.1. The van der Waals surface area contributed by atoms with Crippen LogP contribution in [0.25, 0.3) is 0 Å². The third-order valence-corrected chi connectivity index (χ3v) is 3.52. The van der Waals surface area contributed by atoms with Gasteiger partial charge >= 0.3 is 0 Å². The topological polar surface area (TPSA) is 0 Å². The molecule has 0 N–H and O–H groups in total. The molecule has 0 nitrogen and oxygen atoms in total. The van der Waals surface area contributed by atoms with Crippen LogP contribution >= 0.6 is 12.6 Å². The van der Waals surface area contributed by atoms with Crippen molar-refractivity contribution in [1.29, 1.82) is 0 Å². The maximum Gasteiger partial charge on any atom is 0.0329 e. The van der Waals surface area contributed by atoms with Crippen LogP contribution in [0.5, 0.6) is 0 Å². The molecule has 0 bridgehead atoms. The van der Waals surface area contributed by atoms with Gasteiger partial charge in [0.15, 0.2) is 0 Å². The van der Waals surface area contributed by atoms with Crippen LogP contribution < -0.4 is 0 Å². The molecule has 0 saturated carbocycles. The van der Waals surface area contributed by atoms with Gasteiger partial charge in [0.05, 0.1) is 0 Å². The Bertz CT molecular complexity index is 151. The molecular weight excluding hydrogens is 164 g/mol. The molecule has 0 radical (unpaired) electrons. The van der Waals surface area contributed by atoms with Gasteiger partial charge in [0.25, 0.3) is 0 Å². The molecule has 0 rings (SSSR count). The first-order chi connectivity index (χ1) is 5.60. The Balaban J connectivity index is 4.10. The Labute approximate surface area is 82.2 Å². The minimum atomic E-state index is 0.00299. The fourth-order valence-electron chi connectivity index (χ4n) is 1.31. The molecule has 70 valence electrons. The molecule has 12 heavy (non-hydrogen) atoms. The number of hydrogen-bond acceptors (Lipinski definition) is 1. The predicted molar refractivity (Wildman–Crippen MR) is 60.8 cm³/mol. The van der Waals surface area contributed by atoms with E-state index in [9.17, 15) is 0 Å². The minimum absolute atomic E-state index is 0.00299. The first kappa shape index (κ1) is 11.8. The first-order valence-corrected chi connectivity index (χ1v) is 5.02. The molecule has 2 atom stereocenters. The second-order valence-electron chi connectivity index (χ2n) is 3.32. The van der Waals surface area contributed by atoms with Crippen molar-refractivity contribution < 1.29 is 0 Å². The first-order valence-electron chi connectivity index (χ1n) is 4.57. The molecule has 0 aromatic heterocycles. The Hall–Kier alpha value is -0.170. The van der Waals surface area contributed by atoms with Crippen molar-refractivity contribution in [3.05, 3.63) is 25.3 Å². The molecule has 0 aliphatic rings. The lowest BCUT2D eigenvalue weighted by molar-refractivity contribution is 0.435. The maximum absolute atomic E-state index is 4.63. The van der Waals surface area contributed by atoms with Crippen LogP contribution in [0.1, 0.15) is 33.1 Å². The van der Waals surface area contributed by atoms with Crippen LogP contribution in [-0.2, 0) is 0 Å². The summed E-state index contributed by atoms with van der Waals surface area (Å²) in [5, 5.41) is 0. The summed E-state index contributed by atoms with van der Waals surface area (Å²) in [4.78, 5) is 0. The number of rotatable bonds is 6. The molecule has 0 aliphatic carbocycles. The molecule has 0 saturated heterocycles. The predicted octanol–water partition coefficient (Wildman–Crippen LogP) is 3.85. The molecule has 2 unspecified atom stereocenters. The summed E-state index contributed by atoms with van der Waals surface area (Å²) in [6, 6.07) is 0. The van der Waals surface area contributed by atoms with Gasteiger partial charge in [-0.3, -0.25) is 0 Å². The molecule has 0 aromatic carbocycles. The highest BCUT2D eigenvalue weighted by Crippen LogP contribution is 2.32. The van der Waals surface area contributed by atoms with Crippen LogP contribution in [0.15, 0.2) is 25.3 Å². The number of hydrogen-bond donors (Lipinski definition) is 1. The number of allylic oxidation sites excluding steroid dienone is 1. The highest BCUT2D eigenvalue weighted by molar-refractivity contribution is 7.82. The lowest BCUT2D eigenvalue weighted by atomic mass is 9.87. The van der Waals surface area contributed by atoms with Gasteiger partial charge in [-0.05, 0) is 25.2 Å². The van der Waals surface area contributed by atoms with E-state index in [2.05, 4.69) is 39.6 Å². The summed E-state index contributed by atoms with van der Waals surface area (Å²) in [6.07, 6.45) is 7.18. The SMILES string of the molecule is C=CCCC(C)C(S)(C=C)CC. The van der Waals surface area contributed by atoms with Gasteiger partial charge in [-0.25, -0.2) is 0 Å². The van der Waals surface area contributed by atoms with E-state index in [0.717, 1.165) is 19.3 Å². The summed E-state index contributed by atoms with van der Waals surface area (Å²) in [7, 11) is 0. The Kier molecular flexibility index (Phi) is 5.39. The van der Waals surface area contributed by atoms with Crippen LogP contribution in [-0.4, -0.2) is 4.75 Å². The fraction of sp³-hybridized carbons (Fsp3) is 0.636.